The van der Waals surface area contributed by atoms with E-state index in [4.69, 9.17) is 47.7 Å². The average molecular weight is 1200 g/mol. The van der Waals surface area contributed by atoms with Crippen molar-refractivity contribution in [3.05, 3.63) is 155 Å². The quantitative estimate of drug-likeness (QED) is 0.0809. The Kier molecular flexibility index (Phi) is 17.0. The minimum atomic E-state index is -0.991. The molecule has 2 atom stereocenters. The van der Waals surface area contributed by atoms with Crippen molar-refractivity contribution in [2.45, 2.75) is 113 Å². The van der Waals surface area contributed by atoms with Gasteiger partial charge >= 0.3 is 17.9 Å². The first-order valence-electron chi connectivity index (χ1n) is 30.8. The first kappa shape index (κ1) is 61.4. The Morgan fingerprint density at radius 3 is 1.14 bits per heavy atom. The minimum absolute atomic E-state index is 0.266. The van der Waals surface area contributed by atoms with Gasteiger partial charge in [-0.05, 0) is 212 Å². The SMILES string of the molecule is CC(C)(C)C(=O)O.CC(C)(C)C(=O)Oc1ccc2c(c1)OC(C)(c1ccc(OCCN3CCCC3)cc1)C1=C2COc2cc(Oc3ccc4c(c3)OCC3=C4C(C)(c4ccc(OCCN5CCCC5)cc4)Oc4cc(OC(=O)C(C)(C)C)ccc43)ccc21. The second kappa shape index (κ2) is 24.4. The van der Waals surface area contributed by atoms with Gasteiger partial charge in [-0.1, -0.05) is 24.3 Å². The van der Waals surface area contributed by atoms with Gasteiger partial charge in [-0.3, -0.25) is 24.2 Å². The van der Waals surface area contributed by atoms with Gasteiger partial charge in [0.15, 0.2) is 11.2 Å². The van der Waals surface area contributed by atoms with Crippen LogP contribution < -0.4 is 42.6 Å². The highest BCUT2D eigenvalue weighted by Gasteiger charge is 2.46. The molecule has 88 heavy (non-hydrogen) atoms. The zero-order chi connectivity index (χ0) is 62.3. The Hall–Kier alpha value is -8.27. The van der Waals surface area contributed by atoms with Gasteiger partial charge < -0.3 is 47.7 Å². The minimum Gasteiger partial charge on any atom is -0.492 e. The highest BCUT2D eigenvalue weighted by molar-refractivity contribution is 6.02. The van der Waals surface area contributed by atoms with E-state index in [0.29, 0.717) is 59.2 Å². The summed E-state index contributed by atoms with van der Waals surface area (Å²) in [5.74, 6) is 4.64. The van der Waals surface area contributed by atoms with Crippen molar-refractivity contribution in [1.29, 1.82) is 0 Å². The van der Waals surface area contributed by atoms with E-state index in [1.807, 2.05) is 126 Å². The molecule has 6 aliphatic rings. The van der Waals surface area contributed by atoms with Gasteiger partial charge in [0.1, 0.15) is 83.9 Å². The van der Waals surface area contributed by atoms with Gasteiger partial charge in [0, 0.05) is 81.9 Å². The van der Waals surface area contributed by atoms with E-state index >= 15 is 0 Å². The van der Waals surface area contributed by atoms with Crippen molar-refractivity contribution in [2.24, 2.45) is 16.2 Å². The van der Waals surface area contributed by atoms with Crippen molar-refractivity contribution in [2.75, 3.05) is 65.7 Å². The Bertz CT molecular complexity index is 3450. The van der Waals surface area contributed by atoms with Gasteiger partial charge in [-0.2, -0.15) is 0 Å². The first-order chi connectivity index (χ1) is 41.8. The lowest BCUT2D eigenvalue weighted by molar-refractivity contribution is -0.146. The fourth-order valence-corrected chi connectivity index (χ4v) is 11.8. The fraction of sp³-hybridized carbons (Fsp3) is 0.411. The summed E-state index contributed by atoms with van der Waals surface area (Å²) >= 11 is 0. The number of ether oxygens (including phenoxy) is 9. The van der Waals surface area contributed by atoms with E-state index in [1.165, 1.54) is 25.7 Å². The third kappa shape index (κ3) is 13.0. The molecule has 6 aromatic rings. The molecule has 6 aliphatic heterocycles. The third-order valence-electron chi connectivity index (χ3n) is 17.0. The number of hydrogen-bond acceptors (Lipinski definition) is 14. The maximum Gasteiger partial charge on any atom is 0.316 e. The molecule has 15 heteroatoms. The monoisotopic (exact) mass is 1190 g/mol. The molecule has 0 radical (unpaired) electrons. The molecule has 0 aromatic heterocycles. The van der Waals surface area contributed by atoms with Gasteiger partial charge in [-0.25, -0.2) is 0 Å². The van der Waals surface area contributed by atoms with Crippen LogP contribution in [0.15, 0.2) is 121 Å². The molecule has 6 aromatic carbocycles. The van der Waals surface area contributed by atoms with E-state index in [-0.39, 0.29) is 25.2 Å². The van der Waals surface area contributed by atoms with Gasteiger partial charge in [-0.15, -0.1) is 0 Å². The highest BCUT2D eigenvalue weighted by Crippen LogP contribution is 2.57. The molecule has 0 spiro atoms. The van der Waals surface area contributed by atoms with Gasteiger partial charge in [0.05, 0.1) is 16.2 Å². The summed E-state index contributed by atoms with van der Waals surface area (Å²) in [5.41, 5.74) is 5.27. The van der Waals surface area contributed by atoms with Crippen molar-refractivity contribution in [1.82, 2.24) is 9.80 Å². The van der Waals surface area contributed by atoms with Crippen LogP contribution >= 0.6 is 0 Å². The number of rotatable bonds is 14. The number of carboxylic acid groups (broad SMARTS) is 1. The number of carbonyl (C=O) groups is 3. The largest absolute Gasteiger partial charge is 0.492 e. The molecular formula is C73H82N2O13. The van der Waals surface area contributed by atoms with Crippen LogP contribution in [0.25, 0.3) is 22.3 Å². The van der Waals surface area contributed by atoms with Crippen molar-refractivity contribution in [3.63, 3.8) is 0 Å². The van der Waals surface area contributed by atoms with Crippen LogP contribution in [0.2, 0.25) is 0 Å². The summed E-state index contributed by atoms with van der Waals surface area (Å²) in [6, 6.07) is 39.3. The van der Waals surface area contributed by atoms with Crippen LogP contribution in [0.5, 0.6) is 57.5 Å². The molecule has 0 aliphatic carbocycles. The third-order valence-corrected chi connectivity index (χ3v) is 17.0. The summed E-state index contributed by atoms with van der Waals surface area (Å²) in [6.45, 7) is 28.2. The van der Waals surface area contributed by atoms with Gasteiger partial charge in [0.2, 0.25) is 0 Å². The van der Waals surface area contributed by atoms with Gasteiger partial charge in [0.25, 0.3) is 0 Å². The smallest absolute Gasteiger partial charge is 0.316 e. The van der Waals surface area contributed by atoms with Crippen molar-refractivity contribution in [3.8, 4) is 57.5 Å². The standard InChI is InChI=1S/C68H72N2O11.C5H10O2/c1-65(2,3)63(71)78-49-21-25-51-55-41-75-57-37-47(23-27-53(57)61(55)67(7,80-59(51)39-49)43-13-17-45(18-14-43)73-35-33-69-29-9-10-30-69)77-48-24-28-54-58(38-48)76-42-56-52-26-22-50(79-64(72)66(4,5)6)40-60(52)81-68(8,62(54)56)44-15-19-46(20-16-44)74-36-34-70-31-11-12-32-70;1-5(2,3)4(6)7/h13-28,37-40H,9-12,29-36,41-42H2,1-8H3;1-3H3,(H,6,7). The summed E-state index contributed by atoms with van der Waals surface area (Å²) in [7, 11) is 0. The van der Waals surface area contributed by atoms with Crippen molar-refractivity contribution >= 4 is 40.2 Å². The number of esters is 2. The van der Waals surface area contributed by atoms with E-state index in [2.05, 4.69) is 47.9 Å². The summed E-state index contributed by atoms with van der Waals surface area (Å²) < 4.78 is 58.5. The summed E-state index contributed by atoms with van der Waals surface area (Å²) in [4.78, 5) is 41.0. The number of hydrogen-bond donors (Lipinski definition) is 1. The highest BCUT2D eigenvalue weighted by atomic mass is 16.6. The summed E-state index contributed by atoms with van der Waals surface area (Å²) in [5, 5.41) is 8.25. The molecule has 15 nitrogen and oxygen atoms in total. The summed E-state index contributed by atoms with van der Waals surface area (Å²) in [6.07, 6.45) is 4.96. The lowest BCUT2D eigenvalue weighted by Gasteiger charge is -2.42. The maximum atomic E-state index is 13.0. The number of nitrogens with zero attached hydrogens (tertiary/aromatic N) is 2. The van der Waals surface area contributed by atoms with Crippen molar-refractivity contribution < 1.29 is 62.1 Å². The molecule has 0 amide bonds. The second-order valence-corrected chi connectivity index (χ2v) is 27.0. The van der Waals surface area contributed by atoms with Crippen LogP contribution in [-0.2, 0) is 25.6 Å². The molecule has 12 rings (SSSR count). The molecule has 0 bridgehead atoms. The maximum absolute atomic E-state index is 13.0. The lowest BCUT2D eigenvalue weighted by Crippen LogP contribution is -2.37. The Morgan fingerprint density at radius 1 is 0.455 bits per heavy atom. The number of fused-ring (bicyclic) bond motifs is 8. The zero-order valence-electron chi connectivity index (χ0n) is 52.7. The molecule has 6 heterocycles. The van der Waals surface area contributed by atoms with Crippen LogP contribution in [-0.4, -0.2) is 98.5 Å². The molecule has 2 saturated heterocycles. The number of carboxylic acids is 1. The molecular weight excluding hydrogens is 1110 g/mol. The lowest BCUT2D eigenvalue weighted by atomic mass is 9.76. The Balaban J connectivity index is 0.00000108. The molecule has 2 unspecified atom stereocenters. The topological polar surface area (TPSA) is 161 Å². The van der Waals surface area contributed by atoms with E-state index in [9.17, 15) is 14.4 Å². The molecule has 1 N–H and O–H groups in total. The normalized spacial score (nSPS) is 19.5. The van der Waals surface area contributed by atoms with E-state index < -0.39 is 33.4 Å². The predicted molar refractivity (Wildman–Crippen MR) is 339 cm³/mol. The number of carbonyl (C=O) groups excluding carboxylic acids is 2. The predicted octanol–water partition coefficient (Wildman–Crippen LogP) is 14.7. The van der Waals surface area contributed by atoms with Crippen LogP contribution in [0.4, 0.5) is 0 Å². The fourth-order valence-electron chi connectivity index (χ4n) is 11.8. The molecule has 462 valence electrons. The number of likely N-dealkylation sites (tertiary alicyclic amines) is 2. The molecule has 0 saturated carbocycles. The van der Waals surface area contributed by atoms with E-state index in [1.54, 1.807) is 32.9 Å². The van der Waals surface area contributed by atoms with Crippen LogP contribution in [0.3, 0.4) is 0 Å². The number of aliphatic carboxylic acids is 1. The van der Waals surface area contributed by atoms with Crippen LogP contribution in [0, 0.1) is 16.2 Å². The molecule has 2 fully saturated rings. The Morgan fingerprint density at radius 2 is 0.784 bits per heavy atom. The Labute approximate surface area is 517 Å². The zero-order valence-corrected chi connectivity index (χ0v) is 52.7. The van der Waals surface area contributed by atoms with E-state index in [0.717, 1.165) is 106 Å². The number of benzene rings is 6. The first-order valence-corrected chi connectivity index (χ1v) is 30.8. The van der Waals surface area contributed by atoms with Crippen LogP contribution in [0.1, 0.15) is 135 Å². The second-order valence-electron chi connectivity index (χ2n) is 27.0. The average Bonchev–Trinajstić information content (AvgIpc) is 0.820.